The molecule has 1 aromatic heterocycles. The lowest BCUT2D eigenvalue weighted by Crippen LogP contribution is -2.11. The number of hydrogen-bond donors (Lipinski definition) is 0. The third kappa shape index (κ3) is 3.94. The van der Waals surface area contributed by atoms with Gasteiger partial charge in [-0.15, -0.1) is 24.8 Å². The van der Waals surface area contributed by atoms with Gasteiger partial charge in [0.25, 0.3) is 0 Å². The number of aromatic nitrogens is 1. The Morgan fingerprint density at radius 3 is 2.85 bits per heavy atom. The van der Waals surface area contributed by atoms with Gasteiger partial charge < -0.3 is 14.2 Å². The number of benzene rings is 1. The summed E-state index contributed by atoms with van der Waals surface area (Å²) in [5.41, 5.74) is 4.29. The van der Waals surface area contributed by atoms with Crippen LogP contribution in [0.1, 0.15) is 24.0 Å². The summed E-state index contributed by atoms with van der Waals surface area (Å²) in [6, 6.07) is 7.93. The molecule has 0 atom stereocenters. The van der Waals surface area contributed by atoms with E-state index in [1.54, 1.807) is 13.3 Å². The Kier molecular flexibility index (Phi) is 6.89. The number of hydrogen-bond acceptors (Lipinski definition) is 5. The molecule has 0 spiro atoms. The Balaban J connectivity index is 0.00000121. The van der Waals surface area contributed by atoms with E-state index in [4.69, 9.17) is 19.2 Å². The molecule has 0 aliphatic carbocycles. The van der Waals surface area contributed by atoms with E-state index >= 15 is 0 Å². The van der Waals surface area contributed by atoms with Gasteiger partial charge in [0.2, 0.25) is 12.5 Å². The molecule has 0 bridgehead atoms. The van der Waals surface area contributed by atoms with Gasteiger partial charge in [-0.2, -0.15) is 0 Å². The van der Waals surface area contributed by atoms with Crippen molar-refractivity contribution < 1.29 is 14.2 Å². The van der Waals surface area contributed by atoms with Gasteiger partial charge in [-0.1, -0.05) is 0 Å². The zero-order valence-corrected chi connectivity index (χ0v) is 15.9. The first-order valence-electron chi connectivity index (χ1n) is 7.98. The highest BCUT2D eigenvalue weighted by Gasteiger charge is 2.20. The fourth-order valence-electron chi connectivity index (χ4n) is 3.03. The van der Waals surface area contributed by atoms with E-state index in [2.05, 4.69) is 11.1 Å². The second-order valence-corrected chi connectivity index (χ2v) is 5.70. The highest BCUT2D eigenvalue weighted by molar-refractivity contribution is 6.15. The summed E-state index contributed by atoms with van der Waals surface area (Å²) in [6.07, 6.45) is 7.83. The van der Waals surface area contributed by atoms with E-state index in [0.29, 0.717) is 11.5 Å². The molecule has 26 heavy (non-hydrogen) atoms. The summed E-state index contributed by atoms with van der Waals surface area (Å²) >= 11 is 0. The van der Waals surface area contributed by atoms with Gasteiger partial charge in [-0.05, 0) is 54.3 Å². The van der Waals surface area contributed by atoms with Gasteiger partial charge in [0, 0.05) is 24.5 Å². The predicted octanol–water partition coefficient (Wildman–Crippen LogP) is 4.33. The van der Waals surface area contributed by atoms with Crippen LogP contribution in [0, 0.1) is 0 Å². The van der Waals surface area contributed by atoms with E-state index in [1.807, 2.05) is 30.5 Å². The number of fused-ring (bicyclic) bond motifs is 1. The van der Waals surface area contributed by atoms with Crippen molar-refractivity contribution in [3.8, 4) is 17.2 Å². The van der Waals surface area contributed by atoms with Crippen molar-refractivity contribution in [2.24, 2.45) is 4.99 Å². The van der Waals surface area contributed by atoms with Crippen LogP contribution in [0.2, 0.25) is 0 Å². The Morgan fingerprint density at radius 2 is 2.08 bits per heavy atom. The Bertz CT molecular complexity index is 823. The molecule has 1 aromatic carbocycles. The second kappa shape index (κ2) is 8.92. The third-order valence-corrected chi connectivity index (χ3v) is 4.13. The van der Waals surface area contributed by atoms with Crippen molar-refractivity contribution in [3.63, 3.8) is 0 Å². The lowest BCUT2D eigenvalue weighted by molar-refractivity contribution is 0.171. The molecule has 3 heterocycles. The number of nitrogens with zero attached hydrogens (tertiary/aromatic N) is 2. The van der Waals surface area contributed by atoms with Crippen LogP contribution in [0.25, 0.3) is 6.08 Å². The molecule has 0 N–H and O–H groups in total. The lowest BCUT2D eigenvalue weighted by Gasteiger charge is -2.16. The number of allylic oxidation sites excluding steroid dienone is 1. The largest absolute Gasteiger partial charge is 0.493 e. The minimum absolute atomic E-state index is 0. The molecule has 2 aromatic rings. The number of halogens is 2. The molecule has 5 nitrogen and oxygen atoms in total. The third-order valence-electron chi connectivity index (χ3n) is 4.13. The molecule has 0 fully saturated rings. The first-order chi connectivity index (χ1) is 11.8. The maximum absolute atomic E-state index is 5.51. The standard InChI is InChI=1S/C19H18N2O3.2ClH/c1-22-16-9-13(10-17-19(16)24-12-23-17)8-14-4-3-7-21-18(14)15-5-2-6-20-11-15;;/h2,5-6,8-11H,3-4,7,12H2,1H3;2*1H. The summed E-state index contributed by atoms with van der Waals surface area (Å²) in [6.45, 7) is 1.08. The highest BCUT2D eigenvalue weighted by Crippen LogP contribution is 2.42. The molecule has 0 radical (unpaired) electrons. The average Bonchev–Trinajstić information content (AvgIpc) is 3.11. The van der Waals surface area contributed by atoms with Gasteiger partial charge in [0.15, 0.2) is 11.5 Å². The second-order valence-electron chi connectivity index (χ2n) is 5.70. The molecule has 2 aliphatic heterocycles. The Hall–Kier alpha value is -2.24. The van der Waals surface area contributed by atoms with Crippen LogP contribution in [0.5, 0.6) is 17.2 Å². The fraction of sp³-hybridized carbons (Fsp3) is 0.263. The molecule has 0 unspecified atom stereocenters. The number of ether oxygens (including phenoxy) is 3. The topological polar surface area (TPSA) is 52.9 Å². The SMILES string of the molecule is COc1cc(C=C2CCCN=C2c2cccnc2)cc2c1OCO2.Cl.Cl. The van der Waals surface area contributed by atoms with Gasteiger partial charge in [-0.3, -0.25) is 9.98 Å². The lowest BCUT2D eigenvalue weighted by atomic mass is 9.95. The molecule has 4 rings (SSSR count). The summed E-state index contributed by atoms with van der Waals surface area (Å²) < 4.78 is 16.4. The van der Waals surface area contributed by atoms with Crippen LogP contribution in [0.15, 0.2) is 47.2 Å². The summed E-state index contributed by atoms with van der Waals surface area (Å²) in [7, 11) is 1.64. The van der Waals surface area contributed by atoms with Crippen molar-refractivity contribution in [1.29, 1.82) is 0 Å². The smallest absolute Gasteiger partial charge is 0.231 e. The van der Waals surface area contributed by atoms with Crippen LogP contribution in [-0.2, 0) is 0 Å². The number of aliphatic imine (C=N–C) groups is 1. The van der Waals surface area contributed by atoms with Crippen LogP contribution < -0.4 is 14.2 Å². The fourth-order valence-corrected chi connectivity index (χ4v) is 3.03. The molecular weight excluding hydrogens is 375 g/mol. The van der Waals surface area contributed by atoms with E-state index in [-0.39, 0.29) is 31.6 Å². The molecule has 2 aliphatic rings. The minimum Gasteiger partial charge on any atom is -0.493 e. The first-order valence-corrected chi connectivity index (χ1v) is 7.98. The predicted molar refractivity (Wildman–Crippen MR) is 106 cm³/mol. The van der Waals surface area contributed by atoms with Crippen molar-refractivity contribution in [1.82, 2.24) is 4.98 Å². The highest BCUT2D eigenvalue weighted by atomic mass is 35.5. The maximum atomic E-state index is 5.51. The molecule has 0 saturated carbocycles. The Labute approximate surface area is 164 Å². The zero-order chi connectivity index (χ0) is 16.4. The number of rotatable bonds is 3. The average molecular weight is 395 g/mol. The molecule has 0 amide bonds. The van der Waals surface area contributed by atoms with Gasteiger partial charge in [0.1, 0.15) is 0 Å². The first kappa shape index (κ1) is 20.1. The van der Waals surface area contributed by atoms with E-state index < -0.39 is 0 Å². The van der Waals surface area contributed by atoms with Crippen LogP contribution in [0.4, 0.5) is 0 Å². The van der Waals surface area contributed by atoms with E-state index in [1.165, 1.54) is 5.57 Å². The molecule has 138 valence electrons. The van der Waals surface area contributed by atoms with E-state index in [9.17, 15) is 0 Å². The summed E-state index contributed by atoms with van der Waals surface area (Å²) in [5, 5.41) is 0. The van der Waals surface area contributed by atoms with Crippen molar-refractivity contribution in [2.75, 3.05) is 20.4 Å². The normalized spacial score (nSPS) is 16.3. The van der Waals surface area contributed by atoms with Crippen molar-refractivity contribution in [2.45, 2.75) is 12.8 Å². The van der Waals surface area contributed by atoms with Crippen molar-refractivity contribution >= 4 is 36.6 Å². The maximum Gasteiger partial charge on any atom is 0.231 e. The van der Waals surface area contributed by atoms with E-state index in [0.717, 1.165) is 42.0 Å². The molecular formula is C19H20Cl2N2O3. The monoisotopic (exact) mass is 394 g/mol. The van der Waals surface area contributed by atoms with Crippen LogP contribution in [0.3, 0.4) is 0 Å². The quantitative estimate of drug-likeness (QED) is 0.777. The summed E-state index contributed by atoms with van der Waals surface area (Å²) in [5.74, 6) is 2.08. The number of pyridine rings is 1. The minimum atomic E-state index is 0. The number of methoxy groups -OCH3 is 1. The van der Waals surface area contributed by atoms with Crippen LogP contribution in [-0.4, -0.2) is 31.1 Å². The van der Waals surface area contributed by atoms with Crippen molar-refractivity contribution in [3.05, 3.63) is 53.4 Å². The van der Waals surface area contributed by atoms with Gasteiger partial charge in [-0.25, -0.2) is 0 Å². The molecule has 7 heteroatoms. The van der Waals surface area contributed by atoms with Gasteiger partial charge >= 0.3 is 0 Å². The summed E-state index contributed by atoms with van der Waals surface area (Å²) in [4.78, 5) is 8.92. The Morgan fingerprint density at radius 1 is 1.19 bits per heavy atom. The zero-order valence-electron chi connectivity index (χ0n) is 14.3. The van der Waals surface area contributed by atoms with Gasteiger partial charge in [0.05, 0.1) is 12.8 Å². The molecule has 0 saturated heterocycles. The van der Waals surface area contributed by atoms with Crippen LogP contribution >= 0.6 is 24.8 Å².